The smallest absolute Gasteiger partial charge is 0.312 e. The molecule has 0 unspecified atom stereocenters. The van der Waals surface area contributed by atoms with Gasteiger partial charge in [-0.05, 0) is 94.2 Å². The lowest BCUT2D eigenvalue weighted by Gasteiger charge is -2.64. The lowest BCUT2D eigenvalue weighted by Crippen LogP contribution is -2.60. The SMILES string of the molecule is CCOC(=O)[C@]1(C)CCC[C@@]2(C)[C@@H]3CC[C@@]4(C)C[C@]3(CC[C@@H]21)c1cnn(-c2cccc(F)c2)c14. The predicted molar refractivity (Wildman–Crippen MR) is 129 cm³/mol. The third-order valence-electron chi connectivity index (χ3n) is 10.7. The van der Waals surface area contributed by atoms with E-state index in [1.807, 2.05) is 17.7 Å². The average molecular weight is 465 g/mol. The molecule has 1 aromatic heterocycles. The minimum atomic E-state index is -0.390. The van der Waals surface area contributed by atoms with Crippen molar-refractivity contribution in [3.05, 3.63) is 47.5 Å². The van der Waals surface area contributed by atoms with Crippen molar-refractivity contribution in [3.63, 3.8) is 0 Å². The summed E-state index contributed by atoms with van der Waals surface area (Å²) in [5.41, 5.74) is 3.38. The Morgan fingerprint density at radius 1 is 1.15 bits per heavy atom. The Kier molecular flexibility index (Phi) is 4.71. The van der Waals surface area contributed by atoms with Crippen LogP contribution in [0.1, 0.15) is 90.3 Å². The summed E-state index contributed by atoms with van der Waals surface area (Å²) in [6, 6.07) is 6.82. The number of hydrogen-bond donors (Lipinski definition) is 0. The molecule has 2 bridgehead atoms. The number of nitrogens with zero attached hydrogens (tertiary/aromatic N) is 2. The van der Waals surface area contributed by atoms with Crippen LogP contribution < -0.4 is 0 Å². The Labute approximate surface area is 202 Å². The Morgan fingerprint density at radius 2 is 1.94 bits per heavy atom. The first-order valence-corrected chi connectivity index (χ1v) is 13.2. The minimum absolute atomic E-state index is 0.00792. The molecular weight excluding hydrogens is 427 g/mol. The summed E-state index contributed by atoms with van der Waals surface area (Å²) in [7, 11) is 0. The van der Waals surface area contributed by atoms with Gasteiger partial charge in [-0.15, -0.1) is 0 Å². The molecule has 4 nitrogen and oxygen atoms in total. The van der Waals surface area contributed by atoms with Crippen LogP contribution in [-0.2, 0) is 20.4 Å². The second-order valence-electron chi connectivity index (χ2n) is 12.4. The Bertz CT molecular complexity index is 1160. The molecule has 4 aliphatic rings. The zero-order chi connectivity index (χ0) is 23.9. The molecule has 0 aliphatic heterocycles. The number of ether oxygens (including phenoxy) is 1. The molecule has 3 saturated carbocycles. The standard InChI is InChI=1S/C29H37FN2O2/c1-5-34-25(33)28(4)13-7-12-27(3)22(28)11-15-29-18-26(2,14-10-23(27)29)24-21(29)17-31-32(24)20-9-6-8-19(30)16-20/h6,8-9,16-17,22-23H,5,7,10-15,18H2,1-4H3/t22-,23-,26-,27+,28+,29+/m0/s1. The highest BCUT2D eigenvalue weighted by molar-refractivity contribution is 5.77. The number of fused-ring (bicyclic) bond motifs is 5. The Morgan fingerprint density at radius 3 is 2.71 bits per heavy atom. The average Bonchev–Trinajstić information content (AvgIpc) is 3.32. The quantitative estimate of drug-likeness (QED) is 0.488. The fourth-order valence-electron chi connectivity index (χ4n) is 9.51. The van der Waals surface area contributed by atoms with Crippen molar-refractivity contribution in [3.8, 4) is 5.69 Å². The molecule has 0 saturated heterocycles. The van der Waals surface area contributed by atoms with E-state index in [0.717, 1.165) is 44.2 Å². The van der Waals surface area contributed by atoms with Gasteiger partial charge in [-0.1, -0.05) is 26.3 Å². The zero-order valence-electron chi connectivity index (χ0n) is 21.0. The summed E-state index contributed by atoms with van der Waals surface area (Å²) in [6.07, 6.45) is 10.9. The molecule has 0 N–H and O–H groups in total. The number of esters is 1. The van der Waals surface area contributed by atoms with Crippen molar-refractivity contribution in [2.75, 3.05) is 6.61 Å². The number of aromatic nitrogens is 2. The maximum atomic E-state index is 14.1. The third-order valence-corrected chi connectivity index (χ3v) is 10.7. The first-order chi connectivity index (χ1) is 16.2. The van der Waals surface area contributed by atoms with E-state index in [1.165, 1.54) is 30.2 Å². The van der Waals surface area contributed by atoms with Crippen LogP contribution in [-0.4, -0.2) is 22.4 Å². The van der Waals surface area contributed by atoms with E-state index < -0.39 is 5.41 Å². The van der Waals surface area contributed by atoms with E-state index in [9.17, 15) is 9.18 Å². The number of benzene rings is 1. The molecule has 6 atom stereocenters. The molecule has 3 fully saturated rings. The fourth-order valence-corrected chi connectivity index (χ4v) is 9.51. The molecule has 0 amide bonds. The van der Waals surface area contributed by atoms with E-state index in [2.05, 4.69) is 27.0 Å². The van der Waals surface area contributed by atoms with E-state index >= 15 is 0 Å². The van der Waals surface area contributed by atoms with Gasteiger partial charge in [0.15, 0.2) is 0 Å². The minimum Gasteiger partial charge on any atom is -0.466 e. The molecule has 34 heavy (non-hydrogen) atoms. The Hall–Kier alpha value is -2.17. The van der Waals surface area contributed by atoms with Crippen molar-refractivity contribution in [1.29, 1.82) is 0 Å². The lowest BCUT2D eigenvalue weighted by atomic mass is 9.40. The lowest BCUT2D eigenvalue weighted by molar-refractivity contribution is -0.180. The van der Waals surface area contributed by atoms with Gasteiger partial charge in [0, 0.05) is 16.4 Å². The van der Waals surface area contributed by atoms with Crippen LogP contribution in [0.5, 0.6) is 0 Å². The van der Waals surface area contributed by atoms with Gasteiger partial charge in [0.05, 0.1) is 29.6 Å². The highest BCUT2D eigenvalue weighted by Gasteiger charge is 2.68. The monoisotopic (exact) mass is 464 g/mol. The van der Waals surface area contributed by atoms with Crippen LogP contribution in [0.15, 0.2) is 30.5 Å². The van der Waals surface area contributed by atoms with Crippen LogP contribution in [0.4, 0.5) is 4.39 Å². The number of hydrogen-bond acceptors (Lipinski definition) is 3. The summed E-state index contributed by atoms with van der Waals surface area (Å²) in [6.45, 7) is 9.42. The van der Waals surface area contributed by atoms with Gasteiger partial charge in [0.1, 0.15) is 5.82 Å². The molecule has 4 aliphatic carbocycles. The van der Waals surface area contributed by atoms with Crippen LogP contribution >= 0.6 is 0 Å². The number of halogens is 1. The van der Waals surface area contributed by atoms with Crippen molar-refractivity contribution >= 4 is 5.97 Å². The molecule has 1 aromatic carbocycles. The first kappa shape index (κ1) is 22.3. The zero-order valence-corrected chi connectivity index (χ0v) is 21.0. The van der Waals surface area contributed by atoms with Gasteiger partial charge < -0.3 is 4.74 Å². The molecule has 0 radical (unpaired) electrons. The second kappa shape index (κ2) is 7.18. The first-order valence-electron chi connectivity index (χ1n) is 13.2. The second-order valence-corrected chi connectivity index (χ2v) is 12.4. The summed E-state index contributed by atoms with van der Waals surface area (Å²) in [5.74, 6) is 0.674. The van der Waals surface area contributed by atoms with Crippen LogP contribution in [0.3, 0.4) is 0 Å². The maximum absolute atomic E-state index is 14.1. The van der Waals surface area contributed by atoms with Gasteiger partial charge in [-0.3, -0.25) is 4.79 Å². The highest BCUT2D eigenvalue weighted by Crippen LogP contribution is 2.73. The number of carbonyl (C=O) groups excluding carboxylic acids is 1. The number of rotatable bonds is 3. The largest absolute Gasteiger partial charge is 0.466 e. The van der Waals surface area contributed by atoms with Crippen molar-refractivity contribution in [2.24, 2.45) is 22.7 Å². The molecule has 6 rings (SSSR count). The molecule has 1 spiro atoms. The molecule has 182 valence electrons. The summed E-state index contributed by atoms with van der Waals surface area (Å²) in [4.78, 5) is 13.2. The molecule has 2 aromatic rings. The van der Waals surface area contributed by atoms with E-state index in [4.69, 9.17) is 9.84 Å². The van der Waals surface area contributed by atoms with Crippen LogP contribution in [0, 0.1) is 28.5 Å². The van der Waals surface area contributed by atoms with Gasteiger partial charge in [0.25, 0.3) is 0 Å². The predicted octanol–water partition coefficient (Wildman–Crippen LogP) is 6.49. The number of carbonyl (C=O) groups is 1. The molecule has 1 heterocycles. The molecular formula is C29H37FN2O2. The Balaban J connectivity index is 1.45. The van der Waals surface area contributed by atoms with Gasteiger partial charge in [-0.25, -0.2) is 9.07 Å². The topological polar surface area (TPSA) is 44.1 Å². The van der Waals surface area contributed by atoms with Crippen molar-refractivity contribution < 1.29 is 13.9 Å². The van der Waals surface area contributed by atoms with Crippen molar-refractivity contribution in [1.82, 2.24) is 9.78 Å². The van der Waals surface area contributed by atoms with Crippen LogP contribution in [0.2, 0.25) is 0 Å². The fraction of sp³-hybridized carbons (Fsp3) is 0.655. The van der Waals surface area contributed by atoms with E-state index in [1.54, 1.807) is 12.1 Å². The van der Waals surface area contributed by atoms with Crippen LogP contribution in [0.25, 0.3) is 5.69 Å². The summed E-state index contributed by atoms with van der Waals surface area (Å²) >= 11 is 0. The normalized spacial score (nSPS) is 40.3. The molecule has 5 heteroatoms. The maximum Gasteiger partial charge on any atom is 0.312 e. The van der Waals surface area contributed by atoms with Gasteiger partial charge >= 0.3 is 5.97 Å². The van der Waals surface area contributed by atoms with Gasteiger partial charge in [-0.2, -0.15) is 5.10 Å². The summed E-state index contributed by atoms with van der Waals surface area (Å²) in [5, 5.41) is 4.85. The summed E-state index contributed by atoms with van der Waals surface area (Å²) < 4.78 is 21.7. The third kappa shape index (κ3) is 2.70. The van der Waals surface area contributed by atoms with Crippen molar-refractivity contribution in [2.45, 2.75) is 89.9 Å². The van der Waals surface area contributed by atoms with E-state index in [-0.39, 0.29) is 28.0 Å². The van der Waals surface area contributed by atoms with Gasteiger partial charge in [0.2, 0.25) is 0 Å². The highest BCUT2D eigenvalue weighted by atomic mass is 19.1. The van der Waals surface area contributed by atoms with E-state index in [0.29, 0.717) is 18.4 Å².